The lowest BCUT2D eigenvalue weighted by Gasteiger charge is -2.41. The molecule has 2 aliphatic heterocycles. The number of amides is 10. The number of methoxy groups -OCH3 is 2. The first-order chi connectivity index (χ1) is 46.3. The normalized spacial score (nSPS) is 18.3. The Labute approximate surface area is 585 Å². The summed E-state index contributed by atoms with van der Waals surface area (Å²) in [7, 11) is 6.14. The van der Waals surface area contributed by atoms with Gasteiger partial charge in [0.25, 0.3) is 0 Å². The van der Waals surface area contributed by atoms with Crippen molar-refractivity contribution in [3.8, 4) is 0 Å². The van der Waals surface area contributed by atoms with Crippen molar-refractivity contribution in [2.45, 2.75) is 232 Å². The van der Waals surface area contributed by atoms with Crippen molar-refractivity contribution in [2.75, 3.05) is 53.3 Å². The zero-order valence-corrected chi connectivity index (χ0v) is 61.8. The van der Waals surface area contributed by atoms with E-state index in [2.05, 4.69) is 21.3 Å². The molecule has 2 heterocycles. The Balaban J connectivity index is 1.36. The predicted molar refractivity (Wildman–Crippen MR) is 378 cm³/mol. The lowest BCUT2D eigenvalue weighted by Crippen LogP contribution is -2.60. The molecular formula is C73H115N9O15S. The number of carbonyl (C=O) groups is 11. The molecule has 13 atom stereocenters. The first-order valence-corrected chi connectivity index (χ1v) is 36.0. The van der Waals surface area contributed by atoms with Crippen LogP contribution in [0.4, 0.5) is 15.3 Å². The van der Waals surface area contributed by atoms with Gasteiger partial charge in [-0.25, -0.2) is 9.59 Å². The summed E-state index contributed by atoms with van der Waals surface area (Å²) >= 11 is 1.48. The molecule has 2 fully saturated rings. The van der Waals surface area contributed by atoms with Gasteiger partial charge in [-0.15, -0.1) is 11.8 Å². The van der Waals surface area contributed by atoms with E-state index in [1.165, 1.54) is 35.7 Å². The molecule has 0 saturated carbocycles. The number of rotatable bonds is 42. The van der Waals surface area contributed by atoms with Gasteiger partial charge in [0.15, 0.2) is 5.78 Å². The molecule has 25 heteroatoms. The van der Waals surface area contributed by atoms with Crippen LogP contribution >= 0.6 is 11.8 Å². The van der Waals surface area contributed by atoms with Crippen LogP contribution in [0.1, 0.15) is 184 Å². The number of likely N-dealkylation sites (tertiary alicyclic amines) is 2. The number of thioether (sulfide) groups is 1. The van der Waals surface area contributed by atoms with E-state index in [0.29, 0.717) is 62.7 Å². The van der Waals surface area contributed by atoms with Gasteiger partial charge >= 0.3 is 12.1 Å². The number of nitrogens with one attached hydrogen (secondary N) is 4. The first-order valence-electron chi connectivity index (χ1n) is 35.1. The summed E-state index contributed by atoms with van der Waals surface area (Å²) in [4.78, 5) is 155. The third-order valence-electron chi connectivity index (χ3n) is 19.1. The van der Waals surface area contributed by atoms with E-state index in [1.54, 1.807) is 75.9 Å². The number of ketones is 2. The van der Waals surface area contributed by atoms with Crippen LogP contribution in [0.15, 0.2) is 54.6 Å². The average Bonchev–Trinajstić information content (AvgIpc) is 1.34. The number of imide groups is 1. The molecule has 2 aromatic carbocycles. The number of anilines is 1. The number of unbranched alkanes of at least 4 members (excludes halogenated alkanes) is 2. The quantitative estimate of drug-likeness (QED) is 0.0268. The van der Waals surface area contributed by atoms with Crippen molar-refractivity contribution >= 4 is 82.5 Å². The van der Waals surface area contributed by atoms with Crippen LogP contribution < -0.4 is 27.0 Å². The molecule has 2 saturated heterocycles. The molecular weight excluding hydrogens is 1270 g/mol. The fourth-order valence-electron chi connectivity index (χ4n) is 13.3. The summed E-state index contributed by atoms with van der Waals surface area (Å²) in [5, 5.41) is 22.1. The number of hydrogen-bond donors (Lipinski definition) is 6. The highest BCUT2D eigenvalue weighted by molar-refractivity contribution is 8.01. The summed E-state index contributed by atoms with van der Waals surface area (Å²) in [6, 6.07) is 11.0. The third-order valence-corrected chi connectivity index (χ3v) is 20.3. The van der Waals surface area contributed by atoms with Crippen molar-refractivity contribution in [3.63, 3.8) is 0 Å². The fraction of sp³-hybridized carbons (Fsp3) is 0.685. The maximum Gasteiger partial charge on any atom is 0.410 e. The van der Waals surface area contributed by atoms with E-state index in [1.807, 2.05) is 85.7 Å². The lowest BCUT2D eigenvalue weighted by molar-refractivity contribution is -0.148. The highest BCUT2D eigenvalue weighted by atomic mass is 32.2. The highest BCUT2D eigenvalue weighted by Crippen LogP contribution is 2.34. The Morgan fingerprint density at radius 1 is 0.735 bits per heavy atom. The second-order valence-corrected chi connectivity index (χ2v) is 29.8. The molecule has 0 bridgehead atoms. The van der Waals surface area contributed by atoms with E-state index in [4.69, 9.17) is 19.9 Å². The topological polar surface area (TPSA) is 323 Å². The lowest BCUT2D eigenvalue weighted by atomic mass is 9.85. The van der Waals surface area contributed by atoms with E-state index in [0.717, 1.165) is 5.56 Å². The number of likely N-dealkylation sites (N-methyl/N-ethyl adjacent to an activating group) is 2. The molecule has 0 aromatic heterocycles. The van der Waals surface area contributed by atoms with Crippen LogP contribution in [0, 0.1) is 41.4 Å². The molecule has 548 valence electrons. The standard InChI is InChI=1S/C73H115N9O15S/c1-17-47(10)65(57(95-15)40-60(86)81-37-25-29-54(81)67(96-16)49(12)55(83)38-48(11)66(88)51-26-20-18-21-27-51)79(13)71(92)63(44(4)5)78-69(90)64(45(6)7)80(14)73(94)97-42-50-31-33-53(34-32-50)76-68(89)52(28-24-35-75-72(74)93)39-56(84)62(43(2)3)77-59(85)30-22-19-23-36-82-61(87)41-58(70(82)91)98-46(8)9/h18,20-21,26-27,31-34,43-49,52,54,57-58,62-67,88H,17,19,22-25,28-30,35-42H2,1-16H3,(H,76,89)(H,77,85)(H,78,90)(H3,74,75,93)/t47-,48-,49-,52+,54-,57+,58?,62-,63-,64-,65?,66+,67+/m0/s1. The van der Waals surface area contributed by atoms with Gasteiger partial charge in [0.05, 0.1) is 48.1 Å². The van der Waals surface area contributed by atoms with Crippen LogP contribution in [0.5, 0.6) is 0 Å². The summed E-state index contributed by atoms with van der Waals surface area (Å²) in [5.74, 6) is -5.92. The van der Waals surface area contributed by atoms with Crippen LogP contribution in [-0.2, 0) is 64.0 Å². The van der Waals surface area contributed by atoms with Gasteiger partial charge in [-0.3, -0.25) is 53.0 Å². The third kappa shape index (κ3) is 24.7. The minimum Gasteiger partial charge on any atom is -0.445 e. The number of ether oxygens (including phenoxy) is 3. The van der Waals surface area contributed by atoms with Crippen LogP contribution in [0.2, 0.25) is 0 Å². The molecule has 0 aliphatic carbocycles. The summed E-state index contributed by atoms with van der Waals surface area (Å²) in [6.45, 7) is 23.0. The highest BCUT2D eigenvalue weighted by Gasteiger charge is 2.45. The van der Waals surface area contributed by atoms with E-state index in [9.17, 15) is 57.8 Å². The number of aliphatic hydroxyl groups is 1. The van der Waals surface area contributed by atoms with Gasteiger partial charge in [-0.1, -0.05) is 138 Å². The molecule has 4 rings (SSSR count). The van der Waals surface area contributed by atoms with Crippen LogP contribution in [-0.4, -0.2) is 191 Å². The molecule has 98 heavy (non-hydrogen) atoms. The minimum atomic E-state index is -1.08. The molecule has 24 nitrogen and oxygen atoms in total. The average molecular weight is 1390 g/mol. The number of urea groups is 1. The summed E-state index contributed by atoms with van der Waals surface area (Å²) < 4.78 is 17.8. The number of nitrogens with two attached hydrogens (primary N) is 1. The maximum absolute atomic E-state index is 14.8. The van der Waals surface area contributed by atoms with Gasteiger partial charge in [0.1, 0.15) is 24.5 Å². The van der Waals surface area contributed by atoms with Crippen molar-refractivity contribution in [3.05, 3.63) is 65.7 Å². The molecule has 10 amide bonds. The number of primary amides is 1. The Morgan fingerprint density at radius 2 is 1.39 bits per heavy atom. The SMILES string of the molecule is CC[C@H](C)C([C@@H](CC(=O)N1CCC[C@H]1[C@H](OC)[C@@H](C)C(=O)C[C@H](C)[C@@H](O)c1ccccc1)OC)N(C)C(=O)[C@@H](NC(=O)[C@H](C(C)C)N(C)C(=O)OCc1ccc(NC(=O)[C@H](CCCNC(N)=O)CC(=O)[C@@H](NC(=O)CCCCCN2C(=O)CC(SC(C)C)C2=O)C(C)C)cc1)C(C)C. The van der Waals surface area contributed by atoms with Crippen LogP contribution in [0.3, 0.4) is 0 Å². The zero-order valence-electron chi connectivity index (χ0n) is 61.0. The monoisotopic (exact) mass is 1390 g/mol. The minimum absolute atomic E-state index is 0.0744. The van der Waals surface area contributed by atoms with Gasteiger partial charge in [-0.2, -0.15) is 0 Å². The Hall–Kier alpha value is -6.96. The number of benzene rings is 2. The predicted octanol–water partition coefficient (Wildman–Crippen LogP) is 8.60. The summed E-state index contributed by atoms with van der Waals surface area (Å²) in [6.07, 6.45) is 1.21. The van der Waals surface area contributed by atoms with Crippen molar-refractivity contribution in [1.29, 1.82) is 0 Å². The first kappa shape index (κ1) is 83.5. The molecule has 2 unspecified atom stereocenters. The second-order valence-electron chi connectivity index (χ2n) is 28.0. The largest absolute Gasteiger partial charge is 0.445 e. The van der Waals surface area contributed by atoms with E-state index >= 15 is 0 Å². The van der Waals surface area contributed by atoms with Crippen molar-refractivity contribution in [1.82, 2.24) is 35.6 Å². The molecule has 2 aliphatic rings. The van der Waals surface area contributed by atoms with Crippen molar-refractivity contribution in [2.24, 2.45) is 47.2 Å². The zero-order chi connectivity index (χ0) is 73.2. The van der Waals surface area contributed by atoms with Crippen molar-refractivity contribution < 1.29 is 72.1 Å². The molecule has 0 spiro atoms. The van der Waals surface area contributed by atoms with Gasteiger partial charge in [0, 0.05) is 91.2 Å². The van der Waals surface area contributed by atoms with E-state index < -0.39 is 102 Å². The second kappa shape index (κ2) is 40.9. The van der Waals surface area contributed by atoms with Gasteiger partial charge < -0.3 is 56.1 Å². The van der Waals surface area contributed by atoms with E-state index in [-0.39, 0.29) is 122 Å². The van der Waals surface area contributed by atoms with Crippen LogP contribution in [0.25, 0.3) is 0 Å². The summed E-state index contributed by atoms with van der Waals surface area (Å²) in [5.41, 5.74) is 6.94. The Bertz CT molecular complexity index is 2950. The number of hydrogen-bond acceptors (Lipinski definition) is 16. The van der Waals surface area contributed by atoms with Gasteiger partial charge in [0.2, 0.25) is 41.4 Å². The number of nitrogens with zero attached hydrogens (tertiary/aromatic N) is 4. The fourth-order valence-corrected chi connectivity index (χ4v) is 14.4. The Kier molecular flexibility index (Phi) is 34.9. The van der Waals surface area contributed by atoms with Gasteiger partial charge in [-0.05, 0) is 96.6 Å². The Morgan fingerprint density at radius 3 is 1.97 bits per heavy atom. The molecule has 7 N–H and O–H groups in total. The molecule has 0 radical (unpaired) electrons. The molecule has 2 aromatic rings. The smallest absolute Gasteiger partial charge is 0.410 e. The number of Topliss-reactive ketones (excluding diaryl/α,β-unsaturated/α-hetero) is 2. The maximum atomic E-state index is 14.8. The number of carbonyl (C=O) groups excluding carboxylic acids is 11. The number of aliphatic hydroxyl groups excluding tert-OH is 1.